The molecule has 1 N–H and O–H groups in total. The first kappa shape index (κ1) is 19.3. The molecule has 0 fully saturated rings. The van der Waals surface area contributed by atoms with Crippen molar-refractivity contribution in [2.24, 2.45) is 0 Å². The minimum atomic E-state index is -1.20. The van der Waals surface area contributed by atoms with Gasteiger partial charge in [-0.2, -0.15) is 0 Å². The quantitative estimate of drug-likeness (QED) is 0.368. The van der Waals surface area contributed by atoms with Crippen molar-refractivity contribution in [1.82, 2.24) is 0 Å². The van der Waals surface area contributed by atoms with Crippen LogP contribution >= 0.6 is 0 Å². The molecule has 0 aliphatic heterocycles. The van der Waals surface area contributed by atoms with Crippen LogP contribution in [0.3, 0.4) is 0 Å². The minimum absolute atomic E-state index is 0.193. The van der Waals surface area contributed by atoms with Crippen LogP contribution in [-0.4, -0.2) is 57.0 Å². The first-order valence-electron chi connectivity index (χ1n) is 7.33. The van der Waals surface area contributed by atoms with E-state index in [-0.39, 0.29) is 6.61 Å². The third-order valence-corrected chi connectivity index (χ3v) is 2.54. The molecule has 1 atom stereocenters. The fraction of sp³-hybridized carbons (Fsp3) is 0.929. The van der Waals surface area contributed by atoms with E-state index in [0.717, 1.165) is 25.7 Å². The van der Waals surface area contributed by atoms with Crippen LogP contribution in [0.5, 0.6) is 0 Å². The molecule has 0 spiro atoms. The number of carboxylic acids is 1. The highest BCUT2D eigenvalue weighted by Crippen LogP contribution is 2.02. The highest BCUT2D eigenvalue weighted by molar-refractivity contribution is 5.70. The van der Waals surface area contributed by atoms with E-state index in [1.807, 2.05) is 6.92 Å². The van der Waals surface area contributed by atoms with Gasteiger partial charge in [-0.15, -0.1) is 0 Å². The molecule has 20 heavy (non-hydrogen) atoms. The lowest BCUT2D eigenvalue weighted by Crippen LogP contribution is -2.29. The van der Waals surface area contributed by atoms with Crippen LogP contribution in [0.4, 0.5) is 0 Å². The zero-order valence-corrected chi connectivity index (χ0v) is 12.6. The summed E-state index contributed by atoms with van der Waals surface area (Å²) in [5.74, 6) is -1.10. The van der Waals surface area contributed by atoms with Crippen LogP contribution in [0.25, 0.3) is 0 Å². The summed E-state index contributed by atoms with van der Waals surface area (Å²) in [6.45, 7) is 6.64. The van der Waals surface area contributed by atoms with Crippen LogP contribution in [-0.2, 0) is 23.7 Å². The minimum Gasteiger partial charge on any atom is -0.477 e. The van der Waals surface area contributed by atoms with E-state index in [0.29, 0.717) is 33.0 Å². The van der Waals surface area contributed by atoms with Crippen molar-refractivity contribution in [3.8, 4) is 0 Å². The molecule has 6 heteroatoms. The van der Waals surface area contributed by atoms with Gasteiger partial charge in [0.2, 0.25) is 0 Å². The second-order valence-electron chi connectivity index (χ2n) is 4.28. The van der Waals surface area contributed by atoms with Crippen molar-refractivity contribution in [2.45, 2.75) is 45.8 Å². The van der Waals surface area contributed by atoms with E-state index in [9.17, 15) is 4.79 Å². The predicted molar refractivity (Wildman–Crippen MR) is 74.8 cm³/mol. The van der Waals surface area contributed by atoms with Crippen LogP contribution < -0.4 is 0 Å². The lowest BCUT2D eigenvalue weighted by Gasteiger charge is -2.14. The monoisotopic (exact) mass is 292 g/mol. The lowest BCUT2D eigenvalue weighted by molar-refractivity contribution is -0.192. The molecule has 6 nitrogen and oxygen atoms in total. The maximum Gasteiger partial charge on any atom is 0.361 e. The molecule has 0 saturated heterocycles. The van der Waals surface area contributed by atoms with E-state index in [2.05, 4.69) is 6.92 Å². The number of hydrogen-bond acceptors (Lipinski definition) is 5. The van der Waals surface area contributed by atoms with Gasteiger partial charge in [-0.3, -0.25) is 0 Å². The van der Waals surface area contributed by atoms with Gasteiger partial charge < -0.3 is 24.1 Å². The van der Waals surface area contributed by atoms with Gasteiger partial charge in [0.15, 0.2) is 0 Å². The van der Waals surface area contributed by atoms with Crippen molar-refractivity contribution in [2.75, 3.05) is 39.6 Å². The van der Waals surface area contributed by atoms with Gasteiger partial charge >= 0.3 is 5.97 Å². The largest absolute Gasteiger partial charge is 0.477 e. The molecule has 1 unspecified atom stereocenters. The van der Waals surface area contributed by atoms with Gasteiger partial charge in [0.1, 0.15) is 0 Å². The summed E-state index contributed by atoms with van der Waals surface area (Å²) >= 11 is 0. The first-order valence-corrected chi connectivity index (χ1v) is 7.33. The zero-order chi connectivity index (χ0) is 15.1. The fourth-order valence-corrected chi connectivity index (χ4v) is 1.49. The fourth-order valence-electron chi connectivity index (χ4n) is 1.49. The molecular weight excluding hydrogens is 264 g/mol. The molecule has 0 aromatic carbocycles. The number of carbonyl (C=O) groups is 1. The van der Waals surface area contributed by atoms with Crippen LogP contribution in [0.1, 0.15) is 39.5 Å². The number of ether oxygens (including phenoxy) is 4. The summed E-state index contributed by atoms with van der Waals surface area (Å²) in [5.41, 5.74) is 0. The Balaban J connectivity index is 3.52. The molecule has 0 bridgehead atoms. The summed E-state index contributed by atoms with van der Waals surface area (Å²) < 4.78 is 20.6. The number of hydrogen-bond donors (Lipinski definition) is 1. The van der Waals surface area contributed by atoms with E-state index in [1.165, 1.54) is 0 Å². The summed E-state index contributed by atoms with van der Waals surface area (Å²) in [7, 11) is 0. The summed E-state index contributed by atoms with van der Waals surface area (Å²) in [6, 6.07) is 0. The Hall–Kier alpha value is -0.690. The Labute approximate surface area is 121 Å². The molecular formula is C14H28O6. The van der Waals surface area contributed by atoms with Gasteiger partial charge in [-0.05, 0) is 13.3 Å². The Kier molecular flexibility index (Phi) is 14.2. The zero-order valence-electron chi connectivity index (χ0n) is 12.6. The number of carboxylic acid groups (broad SMARTS) is 1. The summed E-state index contributed by atoms with van der Waals surface area (Å²) in [5, 5.41) is 8.94. The standard InChI is InChI=1S/C14H28O6/c1-3-5-6-7-8-19-14(13(15)16)20-12-11-18-10-9-17-4-2/h14H,3-12H2,1-2H3,(H,15,16). The second kappa shape index (κ2) is 14.7. The second-order valence-corrected chi connectivity index (χ2v) is 4.28. The lowest BCUT2D eigenvalue weighted by atomic mass is 10.2. The van der Waals surface area contributed by atoms with Crippen LogP contribution in [0, 0.1) is 0 Å². The molecule has 0 saturated carbocycles. The molecule has 0 amide bonds. The molecule has 0 heterocycles. The van der Waals surface area contributed by atoms with E-state index >= 15 is 0 Å². The van der Waals surface area contributed by atoms with Gasteiger partial charge in [0.25, 0.3) is 6.29 Å². The van der Waals surface area contributed by atoms with Crippen molar-refractivity contribution < 1.29 is 28.8 Å². The van der Waals surface area contributed by atoms with Crippen molar-refractivity contribution in [3.05, 3.63) is 0 Å². The normalized spacial score (nSPS) is 12.5. The molecule has 0 aliphatic rings. The highest BCUT2D eigenvalue weighted by atomic mass is 16.7. The topological polar surface area (TPSA) is 74.2 Å². The molecule has 120 valence electrons. The van der Waals surface area contributed by atoms with Crippen LogP contribution in [0.2, 0.25) is 0 Å². The van der Waals surface area contributed by atoms with Crippen molar-refractivity contribution in [1.29, 1.82) is 0 Å². The maximum atomic E-state index is 10.9. The Morgan fingerprint density at radius 2 is 1.55 bits per heavy atom. The third-order valence-electron chi connectivity index (χ3n) is 2.54. The van der Waals surface area contributed by atoms with Crippen LogP contribution in [0.15, 0.2) is 0 Å². The van der Waals surface area contributed by atoms with Crippen molar-refractivity contribution in [3.63, 3.8) is 0 Å². The summed E-state index contributed by atoms with van der Waals surface area (Å²) in [4.78, 5) is 10.9. The average Bonchev–Trinajstić information content (AvgIpc) is 2.43. The highest BCUT2D eigenvalue weighted by Gasteiger charge is 2.18. The van der Waals surface area contributed by atoms with Gasteiger partial charge in [-0.1, -0.05) is 26.2 Å². The molecule has 0 rings (SSSR count). The Morgan fingerprint density at radius 3 is 2.20 bits per heavy atom. The number of aliphatic carboxylic acids is 1. The molecule has 0 aliphatic carbocycles. The number of unbranched alkanes of at least 4 members (excludes halogenated alkanes) is 3. The molecule has 0 radical (unpaired) electrons. The number of rotatable bonds is 15. The summed E-state index contributed by atoms with van der Waals surface area (Å²) in [6.07, 6.45) is 2.97. The van der Waals surface area contributed by atoms with Gasteiger partial charge in [-0.25, -0.2) is 4.79 Å². The van der Waals surface area contributed by atoms with E-state index in [1.54, 1.807) is 0 Å². The van der Waals surface area contributed by atoms with Gasteiger partial charge in [0.05, 0.1) is 33.0 Å². The van der Waals surface area contributed by atoms with E-state index in [4.69, 9.17) is 24.1 Å². The van der Waals surface area contributed by atoms with Crippen molar-refractivity contribution >= 4 is 5.97 Å². The third kappa shape index (κ3) is 12.3. The SMILES string of the molecule is CCCCCCOC(OCCOCCOCC)C(=O)O. The smallest absolute Gasteiger partial charge is 0.361 e. The first-order chi connectivity index (χ1) is 9.72. The molecule has 0 aromatic rings. The maximum absolute atomic E-state index is 10.9. The Morgan fingerprint density at radius 1 is 0.900 bits per heavy atom. The molecule has 0 aromatic heterocycles. The predicted octanol–water partition coefficient (Wildman–Crippen LogP) is 2.06. The average molecular weight is 292 g/mol. The van der Waals surface area contributed by atoms with E-state index < -0.39 is 12.3 Å². The Bertz CT molecular complexity index is 222. The van der Waals surface area contributed by atoms with Gasteiger partial charge in [0, 0.05) is 6.61 Å².